The van der Waals surface area contributed by atoms with Crippen molar-refractivity contribution in [2.24, 2.45) is 50.7 Å². The van der Waals surface area contributed by atoms with Crippen molar-refractivity contribution in [3.63, 3.8) is 0 Å². The lowest BCUT2D eigenvalue weighted by Crippen LogP contribution is -2.64. The molecule has 5 aliphatic carbocycles. The molecule has 0 aromatic heterocycles. The van der Waals surface area contributed by atoms with Gasteiger partial charge in [0, 0.05) is 50.3 Å². The fourth-order valence-corrected chi connectivity index (χ4v) is 15.0. The Kier molecular flexibility index (Phi) is 8.86. The molecule has 8 heteroatoms. The number of aliphatic hydroxyl groups is 2. The molecule has 0 aromatic carbocycles. The number of aliphatic hydroxyl groups excluding tert-OH is 1. The maximum Gasteiger partial charge on any atom is 0.170 e. The van der Waals surface area contributed by atoms with Crippen molar-refractivity contribution in [2.75, 3.05) is 39.4 Å². The van der Waals surface area contributed by atoms with E-state index in [0.717, 1.165) is 32.5 Å². The third-order valence-electron chi connectivity index (χ3n) is 17.7. The minimum Gasteiger partial charge on any atom is -0.388 e. The lowest BCUT2D eigenvalue weighted by molar-refractivity contribution is -0.254. The Labute approximate surface area is 303 Å². The Morgan fingerprint density at radius 2 is 1.66 bits per heavy atom. The summed E-state index contributed by atoms with van der Waals surface area (Å²) in [5.74, 6) is 2.06. The Bertz CT molecular complexity index is 1280. The molecule has 5 saturated carbocycles. The van der Waals surface area contributed by atoms with Gasteiger partial charge in [0.2, 0.25) is 0 Å². The number of hydrogen-bond acceptors (Lipinski definition) is 8. The van der Waals surface area contributed by atoms with Crippen molar-refractivity contribution in [1.82, 2.24) is 9.80 Å². The van der Waals surface area contributed by atoms with E-state index in [1.165, 1.54) is 51.6 Å². The number of nitrogens with zero attached hydrogens (tertiary/aromatic N) is 2. The average Bonchev–Trinajstić information content (AvgIpc) is 3.64. The van der Waals surface area contributed by atoms with Crippen LogP contribution in [0.15, 0.2) is 0 Å². The highest BCUT2D eigenvalue weighted by atomic mass is 16.7. The molecular formula is C42H72N2O6. The summed E-state index contributed by atoms with van der Waals surface area (Å²) in [6, 6.07) is 1.27. The first-order valence-electron chi connectivity index (χ1n) is 20.9. The normalized spacial score (nSPS) is 51.2. The third-order valence-corrected chi connectivity index (χ3v) is 17.7. The summed E-state index contributed by atoms with van der Waals surface area (Å²) in [6.45, 7) is 28.5. The van der Waals surface area contributed by atoms with Crippen molar-refractivity contribution >= 4 is 0 Å². The summed E-state index contributed by atoms with van der Waals surface area (Å²) >= 11 is 0. The van der Waals surface area contributed by atoms with E-state index in [1.54, 1.807) is 13.8 Å². The van der Waals surface area contributed by atoms with Crippen molar-refractivity contribution < 1.29 is 29.2 Å². The molecule has 0 amide bonds. The Balaban J connectivity index is 1.01. The zero-order valence-corrected chi connectivity index (χ0v) is 33.2. The van der Waals surface area contributed by atoms with E-state index in [9.17, 15) is 10.2 Å². The van der Waals surface area contributed by atoms with Crippen LogP contribution in [0.2, 0.25) is 0 Å². The number of likely N-dealkylation sites (tertiary alicyclic amines) is 1. The zero-order chi connectivity index (χ0) is 35.8. The minimum absolute atomic E-state index is 0.000457. The molecule has 3 aliphatic heterocycles. The SMILES string of the molecule is CCO[C@H]1[C@H]2O[C@@H]([C@H](O)C(C)(C)O)C[C@@H](C)[C@@H]2[C@@]2(C)CCC34C[C@@]35CCC(O[C@H]3CN(C6CN(C(C)C)C6)CCO3)C(C)(C)[C@@H]5CC[C@H]4[C@]12C. The van der Waals surface area contributed by atoms with Gasteiger partial charge in [-0.25, -0.2) is 0 Å². The third kappa shape index (κ3) is 4.96. The van der Waals surface area contributed by atoms with Crippen LogP contribution in [0.5, 0.6) is 0 Å². The van der Waals surface area contributed by atoms with Crippen LogP contribution in [0.25, 0.3) is 0 Å². The molecule has 2 N–H and O–H groups in total. The van der Waals surface area contributed by atoms with Crippen LogP contribution in [-0.4, -0.2) is 114 Å². The van der Waals surface area contributed by atoms with Crippen LogP contribution in [0.3, 0.4) is 0 Å². The predicted octanol–water partition coefficient (Wildman–Crippen LogP) is 6.11. The summed E-state index contributed by atoms with van der Waals surface area (Å²) in [4.78, 5) is 5.20. The molecule has 8 rings (SSSR count). The summed E-state index contributed by atoms with van der Waals surface area (Å²) < 4.78 is 27.3. The van der Waals surface area contributed by atoms with Gasteiger partial charge in [-0.15, -0.1) is 0 Å². The molecule has 2 spiro atoms. The monoisotopic (exact) mass is 701 g/mol. The van der Waals surface area contributed by atoms with Gasteiger partial charge in [-0.3, -0.25) is 9.80 Å². The summed E-state index contributed by atoms with van der Waals surface area (Å²) in [7, 11) is 0. The quantitative estimate of drug-likeness (QED) is 0.314. The highest BCUT2D eigenvalue weighted by Gasteiger charge is 2.85. The first-order valence-corrected chi connectivity index (χ1v) is 20.9. The number of fused-ring (bicyclic) bond motifs is 4. The van der Waals surface area contributed by atoms with E-state index in [2.05, 4.69) is 65.2 Å². The van der Waals surface area contributed by atoms with Crippen LogP contribution in [-0.2, 0) is 18.9 Å². The highest BCUT2D eigenvalue weighted by Crippen LogP contribution is 2.89. The molecule has 0 radical (unpaired) electrons. The second kappa shape index (κ2) is 12.1. The molecule has 8 nitrogen and oxygen atoms in total. The van der Waals surface area contributed by atoms with Gasteiger partial charge in [0.15, 0.2) is 6.29 Å². The maximum atomic E-state index is 11.2. The summed E-state index contributed by atoms with van der Waals surface area (Å²) in [5, 5.41) is 22.0. The Morgan fingerprint density at radius 1 is 0.960 bits per heavy atom. The van der Waals surface area contributed by atoms with Crippen LogP contribution in [0.4, 0.5) is 0 Å². The predicted molar refractivity (Wildman–Crippen MR) is 194 cm³/mol. The largest absolute Gasteiger partial charge is 0.388 e. The van der Waals surface area contributed by atoms with Gasteiger partial charge >= 0.3 is 0 Å². The minimum atomic E-state index is -1.20. The van der Waals surface area contributed by atoms with Gasteiger partial charge in [-0.2, -0.15) is 0 Å². The molecule has 50 heavy (non-hydrogen) atoms. The standard InChI is InChI=1S/C42H72N2O6/c1-11-47-36-34-33(26(4)20-28(49-34)35(45)38(7,8)46)39(9)16-17-42-24-41(42)15-14-31(37(5,6)29(41)12-13-30(42)40(36,39)10)50-32-23-43(18-19-48-32)27-21-44(22-27)25(2)3/h25-36,45-46H,11-24H2,1-10H3/t26-,28-,29+,30+,31?,32+,33+,34+,35+,36+,39-,40-,41-,42?/m1/s1. The van der Waals surface area contributed by atoms with Crippen molar-refractivity contribution in [3.8, 4) is 0 Å². The number of rotatable bonds is 8. The summed E-state index contributed by atoms with van der Waals surface area (Å²) in [5.41, 5.74) is -0.227. The molecule has 8 aliphatic rings. The van der Waals surface area contributed by atoms with Gasteiger partial charge in [-0.05, 0) is 131 Å². The van der Waals surface area contributed by atoms with Crippen LogP contribution >= 0.6 is 0 Å². The van der Waals surface area contributed by atoms with Crippen LogP contribution < -0.4 is 0 Å². The molecule has 0 bridgehead atoms. The lowest BCUT2D eigenvalue weighted by Gasteiger charge is -2.64. The number of hydrogen-bond donors (Lipinski definition) is 2. The molecule has 14 atom stereocenters. The van der Waals surface area contributed by atoms with Crippen molar-refractivity contribution in [3.05, 3.63) is 0 Å². The van der Waals surface area contributed by atoms with Gasteiger partial charge in [-0.1, -0.05) is 34.6 Å². The molecule has 286 valence electrons. The number of ether oxygens (including phenoxy) is 4. The van der Waals surface area contributed by atoms with Gasteiger partial charge < -0.3 is 29.2 Å². The molecule has 3 saturated heterocycles. The molecule has 2 unspecified atom stereocenters. The first-order chi connectivity index (χ1) is 23.4. The average molecular weight is 701 g/mol. The van der Waals surface area contributed by atoms with Crippen LogP contribution in [0.1, 0.15) is 121 Å². The second-order valence-electron chi connectivity index (χ2n) is 20.7. The molecular weight excluding hydrogens is 628 g/mol. The van der Waals surface area contributed by atoms with Crippen molar-refractivity contribution in [1.29, 1.82) is 0 Å². The molecule has 0 aromatic rings. The molecule has 3 heterocycles. The fraction of sp³-hybridized carbons (Fsp3) is 1.00. The smallest absolute Gasteiger partial charge is 0.170 e. The van der Waals surface area contributed by atoms with Crippen molar-refractivity contribution in [2.45, 2.75) is 175 Å². The highest BCUT2D eigenvalue weighted by molar-refractivity contribution is 5.33. The van der Waals surface area contributed by atoms with Gasteiger partial charge in [0.05, 0.1) is 36.6 Å². The van der Waals surface area contributed by atoms with Gasteiger partial charge in [0.1, 0.15) is 6.10 Å². The van der Waals surface area contributed by atoms with Gasteiger partial charge in [0.25, 0.3) is 0 Å². The van der Waals surface area contributed by atoms with E-state index < -0.39 is 11.7 Å². The number of morpholine rings is 1. The fourth-order valence-electron chi connectivity index (χ4n) is 15.0. The lowest BCUT2D eigenvalue weighted by atomic mass is 9.41. The van der Waals surface area contributed by atoms with Crippen LogP contribution in [0, 0.1) is 50.7 Å². The zero-order valence-electron chi connectivity index (χ0n) is 33.2. The Morgan fingerprint density at radius 3 is 2.34 bits per heavy atom. The second-order valence-corrected chi connectivity index (χ2v) is 20.7. The van der Waals surface area contributed by atoms with E-state index in [0.29, 0.717) is 53.2 Å². The molecule has 8 fully saturated rings. The topological polar surface area (TPSA) is 83.9 Å². The van der Waals surface area contributed by atoms with E-state index in [-0.39, 0.29) is 47.0 Å². The Hall–Kier alpha value is -0.320. The van der Waals surface area contributed by atoms with E-state index >= 15 is 0 Å². The maximum absolute atomic E-state index is 11.2. The van der Waals surface area contributed by atoms with E-state index in [1.807, 2.05) is 0 Å². The first kappa shape index (κ1) is 36.6. The summed E-state index contributed by atoms with van der Waals surface area (Å²) in [6.07, 6.45) is 8.39. The van der Waals surface area contributed by atoms with E-state index in [4.69, 9.17) is 18.9 Å².